The average Bonchev–Trinajstić information content (AvgIpc) is 2.90. The number of hydrogen-bond donors (Lipinski definition) is 2. The van der Waals surface area contributed by atoms with Crippen LogP contribution in [0.5, 0.6) is 0 Å². The number of carbonyl (C=O) groups excluding carboxylic acids is 2. The number of nitrogens with one attached hydrogen (secondary N) is 2. The van der Waals surface area contributed by atoms with Crippen molar-refractivity contribution in [3.8, 4) is 0 Å². The molecule has 0 saturated heterocycles. The normalized spacial score (nSPS) is 10.5. The van der Waals surface area contributed by atoms with Gasteiger partial charge in [0.25, 0.3) is 23.2 Å². The van der Waals surface area contributed by atoms with Crippen LogP contribution in [0.1, 0.15) is 43.0 Å². The number of hydrogen-bond acceptors (Lipinski definition) is 6. The molecular formula is C29H24N4O6. The SMILES string of the molecule is Cc1cccc(C(=O)Nc2ccc(Cc3ccc(NC(=O)c4cccc(C)c4)cc3[N+](=O)[O-])c([N+](=O)[O-])c2)c1. The first-order chi connectivity index (χ1) is 18.6. The molecule has 10 nitrogen and oxygen atoms in total. The number of amides is 2. The van der Waals surface area contributed by atoms with E-state index in [4.69, 9.17) is 0 Å². The van der Waals surface area contributed by atoms with Crippen molar-refractivity contribution in [1.29, 1.82) is 0 Å². The predicted octanol–water partition coefficient (Wildman–Crippen LogP) is 6.22. The predicted molar refractivity (Wildman–Crippen MR) is 147 cm³/mol. The maximum atomic E-state index is 12.6. The molecule has 4 aromatic carbocycles. The highest BCUT2D eigenvalue weighted by molar-refractivity contribution is 6.05. The number of carbonyl (C=O) groups is 2. The Morgan fingerprint density at radius 2 is 1.05 bits per heavy atom. The number of benzene rings is 4. The maximum Gasteiger partial charge on any atom is 0.275 e. The van der Waals surface area contributed by atoms with Crippen molar-refractivity contribution in [3.63, 3.8) is 0 Å². The monoisotopic (exact) mass is 524 g/mol. The number of nitro groups is 2. The van der Waals surface area contributed by atoms with Crippen LogP contribution in [-0.4, -0.2) is 21.7 Å². The van der Waals surface area contributed by atoms with Crippen molar-refractivity contribution >= 4 is 34.6 Å². The molecule has 0 heterocycles. The second-order valence-corrected chi connectivity index (χ2v) is 9.03. The Hall–Kier alpha value is -5.38. The zero-order valence-corrected chi connectivity index (χ0v) is 21.1. The molecule has 0 fully saturated rings. The van der Waals surface area contributed by atoms with Gasteiger partial charge in [0.15, 0.2) is 0 Å². The average molecular weight is 525 g/mol. The topological polar surface area (TPSA) is 144 Å². The van der Waals surface area contributed by atoms with Crippen LogP contribution in [0.3, 0.4) is 0 Å². The van der Waals surface area contributed by atoms with E-state index in [2.05, 4.69) is 10.6 Å². The first kappa shape index (κ1) is 26.7. The van der Waals surface area contributed by atoms with Crippen LogP contribution in [0.15, 0.2) is 84.9 Å². The summed E-state index contributed by atoms with van der Waals surface area (Å²) in [4.78, 5) is 47.6. The van der Waals surface area contributed by atoms with E-state index < -0.39 is 21.7 Å². The first-order valence-corrected chi connectivity index (χ1v) is 11.9. The van der Waals surface area contributed by atoms with Gasteiger partial charge in [-0.15, -0.1) is 0 Å². The van der Waals surface area contributed by atoms with E-state index in [0.717, 1.165) is 11.1 Å². The number of nitrogens with zero attached hydrogens (tertiary/aromatic N) is 2. The van der Waals surface area contributed by atoms with Crippen LogP contribution in [0.2, 0.25) is 0 Å². The molecule has 4 aromatic rings. The quantitative estimate of drug-likeness (QED) is 0.207. The van der Waals surface area contributed by atoms with E-state index in [1.165, 1.54) is 36.4 Å². The van der Waals surface area contributed by atoms with E-state index >= 15 is 0 Å². The molecule has 10 heteroatoms. The highest BCUT2D eigenvalue weighted by Crippen LogP contribution is 2.31. The van der Waals surface area contributed by atoms with Crippen molar-refractivity contribution in [3.05, 3.63) is 139 Å². The fourth-order valence-corrected chi connectivity index (χ4v) is 4.11. The summed E-state index contributed by atoms with van der Waals surface area (Å²) in [6.45, 7) is 3.69. The van der Waals surface area contributed by atoms with Gasteiger partial charge in [-0.1, -0.05) is 35.4 Å². The Labute approximate surface area is 223 Å². The zero-order valence-electron chi connectivity index (χ0n) is 21.1. The van der Waals surface area contributed by atoms with Crippen LogP contribution in [0, 0.1) is 34.1 Å². The van der Waals surface area contributed by atoms with Gasteiger partial charge in [0.05, 0.1) is 9.85 Å². The molecule has 0 atom stereocenters. The second-order valence-electron chi connectivity index (χ2n) is 9.03. The van der Waals surface area contributed by atoms with Gasteiger partial charge in [-0.2, -0.15) is 0 Å². The molecule has 39 heavy (non-hydrogen) atoms. The third-order valence-electron chi connectivity index (χ3n) is 6.02. The van der Waals surface area contributed by atoms with Crippen LogP contribution in [0.4, 0.5) is 22.7 Å². The molecule has 0 bridgehead atoms. The maximum absolute atomic E-state index is 12.6. The molecule has 0 aliphatic heterocycles. The van der Waals surface area contributed by atoms with E-state index in [9.17, 15) is 29.8 Å². The largest absolute Gasteiger partial charge is 0.322 e. The molecular weight excluding hydrogens is 500 g/mol. The standard InChI is InChI=1S/C29H24N4O6/c1-18-5-3-7-22(13-18)28(34)30-24-11-9-20(26(16-24)32(36)37)15-21-10-12-25(17-27(21)33(38)39)31-29(35)23-8-4-6-19(2)14-23/h3-14,16-17H,15H2,1-2H3,(H,30,34)(H,31,35). The Morgan fingerprint density at radius 1 is 0.641 bits per heavy atom. The minimum absolute atomic E-state index is 0.106. The molecule has 2 amide bonds. The molecule has 0 aliphatic rings. The first-order valence-electron chi connectivity index (χ1n) is 11.9. The van der Waals surface area contributed by atoms with Gasteiger partial charge in [0.2, 0.25) is 0 Å². The Morgan fingerprint density at radius 3 is 1.41 bits per heavy atom. The second kappa shape index (κ2) is 11.3. The zero-order chi connectivity index (χ0) is 28.1. The highest BCUT2D eigenvalue weighted by atomic mass is 16.6. The highest BCUT2D eigenvalue weighted by Gasteiger charge is 2.22. The fraction of sp³-hybridized carbons (Fsp3) is 0.103. The van der Waals surface area contributed by atoms with Crippen molar-refractivity contribution < 1.29 is 19.4 Å². The minimum atomic E-state index is -0.597. The van der Waals surface area contributed by atoms with Gasteiger partial charge in [-0.25, -0.2) is 0 Å². The van der Waals surface area contributed by atoms with E-state index in [-0.39, 0.29) is 40.3 Å². The molecule has 0 aliphatic carbocycles. The van der Waals surface area contributed by atoms with Crippen molar-refractivity contribution in [2.24, 2.45) is 0 Å². The van der Waals surface area contributed by atoms with Crippen LogP contribution >= 0.6 is 0 Å². The lowest BCUT2D eigenvalue weighted by molar-refractivity contribution is -0.386. The molecule has 0 unspecified atom stereocenters. The molecule has 2 N–H and O–H groups in total. The summed E-state index contributed by atoms with van der Waals surface area (Å²) in [5, 5.41) is 29.0. The fourth-order valence-electron chi connectivity index (χ4n) is 4.11. The van der Waals surface area contributed by atoms with Crippen molar-refractivity contribution in [1.82, 2.24) is 0 Å². The van der Waals surface area contributed by atoms with E-state index in [1.807, 2.05) is 26.0 Å². The summed E-state index contributed by atoms with van der Waals surface area (Å²) in [6, 6.07) is 22.2. The van der Waals surface area contributed by atoms with Crippen molar-refractivity contribution in [2.75, 3.05) is 10.6 Å². The Balaban J connectivity index is 1.57. The lowest BCUT2D eigenvalue weighted by atomic mass is 10.0. The summed E-state index contributed by atoms with van der Waals surface area (Å²) >= 11 is 0. The number of aryl methyl sites for hydroxylation is 2. The van der Waals surface area contributed by atoms with Crippen LogP contribution in [0.25, 0.3) is 0 Å². The van der Waals surface area contributed by atoms with Gasteiger partial charge in [0, 0.05) is 52.2 Å². The van der Waals surface area contributed by atoms with E-state index in [0.29, 0.717) is 11.1 Å². The van der Waals surface area contributed by atoms with Crippen molar-refractivity contribution in [2.45, 2.75) is 20.3 Å². The third-order valence-corrected chi connectivity index (χ3v) is 6.02. The Kier molecular flexibility index (Phi) is 7.76. The van der Waals surface area contributed by atoms with Gasteiger partial charge in [-0.3, -0.25) is 29.8 Å². The molecule has 4 rings (SSSR count). The van der Waals surface area contributed by atoms with Gasteiger partial charge >= 0.3 is 0 Å². The molecule has 0 aromatic heterocycles. The summed E-state index contributed by atoms with van der Waals surface area (Å²) in [5.41, 5.74) is 2.94. The lowest BCUT2D eigenvalue weighted by Crippen LogP contribution is -2.13. The summed E-state index contributed by atoms with van der Waals surface area (Å²) < 4.78 is 0. The minimum Gasteiger partial charge on any atom is -0.322 e. The molecule has 0 radical (unpaired) electrons. The van der Waals surface area contributed by atoms with E-state index in [1.54, 1.807) is 36.4 Å². The summed E-state index contributed by atoms with van der Waals surface area (Å²) in [6.07, 6.45) is -0.106. The number of anilines is 2. The van der Waals surface area contributed by atoms with Gasteiger partial charge in [0.1, 0.15) is 0 Å². The molecule has 0 saturated carbocycles. The number of rotatable bonds is 8. The summed E-state index contributed by atoms with van der Waals surface area (Å²) in [5.74, 6) is -0.834. The van der Waals surface area contributed by atoms with Crippen LogP contribution in [-0.2, 0) is 6.42 Å². The number of nitro benzene ring substituents is 2. The smallest absolute Gasteiger partial charge is 0.275 e. The van der Waals surface area contributed by atoms with Gasteiger partial charge in [-0.05, 0) is 62.4 Å². The van der Waals surface area contributed by atoms with Gasteiger partial charge < -0.3 is 10.6 Å². The molecule has 0 spiro atoms. The van der Waals surface area contributed by atoms with Crippen LogP contribution < -0.4 is 10.6 Å². The Bertz CT molecular complexity index is 1500. The molecule has 196 valence electrons. The summed E-state index contributed by atoms with van der Waals surface area (Å²) in [7, 11) is 0. The third kappa shape index (κ3) is 6.50. The lowest BCUT2D eigenvalue weighted by Gasteiger charge is -2.10.